The van der Waals surface area contributed by atoms with Gasteiger partial charge in [0.1, 0.15) is 6.33 Å². The Hall–Kier alpha value is -3.15. The second-order valence-electron chi connectivity index (χ2n) is 7.43. The molecule has 0 bridgehead atoms. The van der Waals surface area contributed by atoms with Crippen LogP contribution in [-0.2, 0) is 6.54 Å². The van der Waals surface area contributed by atoms with Crippen LogP contribution in [0.15, 0.2) is 53.7 Å². The highest BCUT2D eigenvalue weighted by molar-refractivity contribution is 5.66. The van der Waals surface area contributed by atoms with E-state index in [9.17, 15) is 4.79 Å². The molecule has 0 unspecified atom stereocenters. The Balaban J connectivity index is 1.78. The van der Waals surface area contributed by atoms with Crippen LogP contribution in [-0.4, -0.2) is 23.7 Å². The van der Waals surface area contributed by atoms with Crippen LogP contribution in [0.25, 0.3) is 22.6 Å². The minimum absolute atomic E-state index is 0.0266. The number of rotatable bonds is 4. The number of hydrogen-bond acceptors (Lipinski definition) is 3. The molecule has 1 fully saturated rings. The lowest BCUT2D eigenvalue weighted by Gasteiger charge is -2.09. The summed E-state index contributed by atoms with van der Waals surface area (Å²) in [6.07, 6.45) is 5.90. The average Bonchev–Trinajstić information content (AvgIpc) is 3.30. The van der Waals surface area contributed by atoms with Gasteiger partial charge in [0.05, 0.1) is 11.4 Å². The van der Waals surface area contributed by atoms with E-state index in [-0.39, 0.29) is 5.69 Å². The van der Waals surface area contributed by atoms with Gasteiger partial charge in [-0.3, -0.25) is 9.13 Å². The average molecular weight is 359 g/mol. The first-order valence-electron chi connectivity index (χ1n) is 9.31. The van der Waals surface area contributed by atoms with Gasteiger partial charge in [-0.05, 0) is 62.4 Å². The van der Waals surface area contributed by atoms with Gasteiger partial charge in [-0.1, -0.05) is 12.1 Å². The van der Waals surface area contributed by atoms with Gasteiger partial charge in [0, 0.05) is 24.0 Å². The maximum atomic E-state index is 13.4. The normalized spacial score (nSPS) is 14.1. The maximum Gasteiger partial charge on any atom is 0.333 e. The fourth-order valence-corrected chi connectivity index (χ4v) is 3.72. The van der Waals surface area contributed by atoms with Crippen LogP contribution >= 0.6 is 0 Å². The molecule has 0 amide bonds. The van der Waals surface area contributed by atoms with Crippen molar-refractivity contribution in [1.29, 1.82) is 0 Å². The lowest BCUT2D eigenvalue weighted by Crippen LogP contribution is -2.24. The molecule has 5 rings (SSSR count). The minimum atomic E-state index is 0.0266. The van der Waals surface area contributed by atoms with Crippen molar-refractivity contribution in [2.45, 2.75) is 33.2 Å². The van der Waals surface area contributed by atoms with Crippen molar-refractivity contribution >= 4 is 5.65 Å². The maximum absolute atomic E-state index is 13.4. The standard InChI is InChI=1S/C21H21N5O/c1-14-4-3-5-18(10-14)26-20(15(2)24(21(26)27)11-16-6-7-16)17-8-9-19-22-13-23-25(19)12-17/h3-5,8-10,12-13,16H,6-7,11H2,1-2H3. The molecule has 27 heavy (non-hydrogen) atoms. The van der Waals surface area contributed by atoms with Gasteiger partial charge in [-0.25, -0.2) is 14.3 Å². The fraction of sp³-hybridized carbons (Fsp3) is 0.286. The Bertz CT molecular complexity index is 1210. The molecule has 0 spiro atoms. The molecular weight excluding hydrogens is 338 g/mol. The van der Waals surface area contributed by atoms with Crippen molar-refractivity contribution in [3.8, 4) is 16.9 Å². The van der Waals surface area contributed by atoms with Crippen LogP contribution in [0.3, 0.4) is 0 Å². The molecule has 0 N–H and O–H groups in total. The van der Waals surface area contributed by atoms with E-state index in [2.05, 4.69) is 16.1 Å². The highest BCUT2D eigenvalue weighted by Crippen LogP contribution is 2.32. The quantitative estimate of drug-likeness (QED) is 0.561. The van der Waals surface area contributed by atoms with Gasteiger partial charge in [0.25, 0.3) is 0 Å². The summed E-state index contributed by atoms with van der Waals surface area (Å²) < 4.78 is 5.52. The molecule has 0 atom stereocenters. The van der Waals surface area contributed by atoms with E-state index in [0.717, 1.165) is 40.4 Å². The zero-order chi connectivity index (χ0) is 18.5. The molecule has 1 saturated carbocycles. The molecule has 136 valence electrons. The Morgan fingerprint density at radius 2 is 2.00 bits per heavy atom. The van der Waals surface area contributed by atoms with Gasteiger partial charge in [0.2, 0.25) is 0 Å². The van der Waals surface area contributed by atoms with Gasteiger partial charge >= 0.3 is 5.69 Å². The smallest absolute Gasteiger partial charge is 0.295 e. The molecule has 1 aliphatic rings. The van der Waals surface area contributed by atoms with Crippen LogP contribution < -0.4 is 5.69 Å². The third-order valence-electron chi connectivity index (χ3n) is 5.34. The Morgan fingerprint density at radius 1 is 1.15 bits per heavy atom. The van der Waals surface area contributed by atoms with Crippen LogP contribution in [0.4, 0.5) is 0 Å². The number of aryl methyl sites for hydroxylation is 1. The van der Waals surface area contributed by atoms with E-state index in [0.29, 0.717) is 5.92 Å². The van der Waals surface area contributed by atoms with Crippen molar-refractivity contribution in [2.75, 3.05) is 0 Å². The Morgan fingerprint density at radius 3 is 2.78 bits per heavy atom. The monoisotopic (exact) mass is 359 g/mol. The van der Waals surface area contributed by atoms with Crippen LogP contribution in [0.2, 0.25) is 0 Å². The SMILES string of the molecule is Cc1cccc(-n2c(-c3ccc4ncnn4c3)c(C)n(CC3CC3)c2=O)c1. The predicted octanol–water partition coefficient (Wildman–Crippen LogP) is 3.38. The Labute approximate surface area is 156 Å². The molecule has 6 nitrogen and oxygen atoms in total. The number of benzene rings is 1. The number of aromatic nitrogens is 5. The number of fused-ring (bicyclic) bond motifs is 1. The van der Waals surface area contributed by atoms with E-state index < -0.39 is 0 Å². The van der Waals surface area contributed by atoms with E-state index in [1.165, 1.54) is 19.2 Å². The molecule has 3 heterocycles. The summed E-state index contributed by atoms with van der Waals surface area (Å²) in [4.78, 5) is 17.6. The summed E-state index contributed by atoms with van der Waals surface area (Å²) in [7, 11) is 0. The van der Waals surface area contributed by atoms with E-state index in [4.69, 9.17) is 0 Å². The number of hydrogen-bond donors (Lipinski definition) is 0. The molecule has 6 heteroatoms. The molecule has 1 aliphatic carbocycles. The molecule has 0 aliphatic heterocycles. The topological polar surface area (TPSA) is 57.1 Å². The number of imidazole rings is 1. The Kier molecular flexibility index (Phi) is 3.53. The van der Waals surface area contributed by atoms with Crippen molar-refractivity contribution in [1.82, 2.24) is 23.7 Å². The van der Waals surface area contributed by atoms with Gasteiger partial charge in [-0.2, -0.15) is 5.10 Å². The van der Waals surface area contributed by atoms with Crippen LogP contribution in [0, 0.1) is 19.8 Å². The fourth-order valence-electron chi connectivity index (χ4n) is 3.72. The molecule has 3 aromatic heterocycles. The third-order valence-corrected chi connectivity index (χ3v) is 5.34. The molecule has 4 aromatic rings. The zero-order valence-electron chi connectivity index (χ0n) is 15.5. The first-order chi connectivity index (χ1) is 13.1. The van der Waals surface area contributed by atoms with Crippen LogP contribution in [0.1, 0.15) is 24.1 Å². The molecule has 0 saturated heterocycles. The third kappa shape index (κ3) is 2.68. The zero-order valence-corrected chi connectivity index (χ0v) is 15.5. The second-order valence-corrected chi connectivity index (χ2v) is 7.43. The summed E-state index contributed by atoms with van der Waals surface area (Å²) >= 11 is 0. The first-order valence-corrected chi connectivity index (χ1v) is 9.31. The summed E-state index contributed by atoms with van der Waals surface area (Å²) in [6.45, 7) is 4.88. The molecular formula is C21H21N5O. The number of nitrogens with zero attached hydrogens (tertiary/aromatic N) is 5. The van der Waals surface area contributed by atoms with Crippen molar-refractivity contribution in [3.63, 3.8) is 0 Å². The van der Waals surface area contributed by atoms with Crippen molar-refractivity contribution in [2.24, 2.45) is 5.92 Å². The van der Waals surface area contributed by atoms with Gasteiger partial charge in [-0.15, -0.1) is 0 Å². The lowest BCUT2D eigenvalue weighted by molar-refractivity contribution is 0.590. The predicted molar refractivity (Wildman–Crippen MR) is 104 cm³/mol. The summed E-state index contributed by atoms with van der Waals surface area (Å²) in [6, 6.07) is 12.0. The highest BCUT2D eigenvalue weighted by atomic mass is 16.1. The summed E-state index contributed by atoms with van der Waals surface area (Å²) in [5.74, 6) is 0.625. The second kappa shape index (κ2) is 5.94. The lowest BCUT2D eigenvalue weighted by atomic mass is 10.1. The van der Waals surface area contributed by atoms with Crippen LogP contribution in [0.5, 0.6) is 0 Å². The van der Waals surface area contributed by atoms with Crippen molar-refractivity contribution < 1.29 is 0 Å². The van der Waals surface area contributed by atoms with E-state index >= 15 is 0 Å². The first kappa shape index (κ1) is 16.1. The summed E-state index contributed by atoms with van der Waals surface area (Å²) in [5.41, 5.74) is 5.71. The van der Waals surface area contributed by atoms with E-state index in [1.807, 2.05) is 59.5 Å². The largest absolute Gasteiger partial charge is 0.333 e. The van der Waals surface area contributed by atoms with Gasteiger partial charge in [0.15, 0.2) is 5.65 Å². The highest BCUT2D eigenvalue weighted by Gasteiger charge is 2.27. The summed E-state index contributed by atoms with van der Waals surface area (Å²) in [5, 5.41) is 4.25. The van der Waals surface area contributed by atoms with Gasteiger partial charge < -0.3 is 0 Å². The van der Waals surface area contributed by atoms with Crippen molar-refractivity contribution in [3.05, 3.63) is 70.7 Å². The molecule has 0 radical (unpaired) electrons. The van der Waals surface area contributed by atoms with E-state index in [1.54, 1.807) is 4.52 Å². The minimum Gasteiger partial charge on any atom is -0.295 e. The molecule has 1 aromatic carbocycles. The number of pyridine rings is 1.